The number of H-pyrrole nitrogens is 1. The summed E-state index contributed by atoms with van der Waals surface area (Å²) in [5, 5.41) is 10.7. The zero-order chi connectivity index (χ0) is 18.5. The molecule has 1 fully saturated rings. The highest BCUT2D eigenvalue weighted by Gasteiger charge is 2.12. The summed E-state index contributed by atoms with van der Waals surface area (Å²) in [4.78, 5) is 2.44. The van der Waals surface area contributed by atoms with Crippen molar-refractivity contribution in [1.82, 2.24) is 20.4 Å². The Morgan fingerprint density at radius 3 is 2.56 bits per heavy atom. The third kappa shape index (κ3) is 4.66. The molecule has 1 aliphatic heterocycles. The molecule has 6 nitrogen and oxygen atoms in total. The lowest BCUT2D eigenvalue weighted by molar-refractivity contribution is 0.0342. The van der Waals surface area contributed by atoms with Crippen molar-refractivity contribution in [2.24, 2.45) is 0 Å². The van der Waals surface area contributed by atoms with Gasteiger partial charge in [0.05, 0.1) is 19.4 Å². The fourth-order valence-electron chi connectivity index (χ4n) is 3.35. The lowest BCUT2D eigenvalue weighted by Crippen LogP contribution is -2.35. The van der Waals surface area contributed by atoms with Gasteiger partial charge in [-0.25, -0.2) is 0 Å². The highest BCUT2D eigenvalue weighted by molar-refractivity contribution is 5.56. The molecule has 0 saturated carbocycles. The maximum absolute atomic E-state index is 5.70. The van der Waals surface area contributed by atoms with E-state index < -0.39 is 0 Å². The second-order valence-electron chi connectivity index (χ2n) is 6.99. The van der Waals surface area contributed by atoms with Crippen molar-refractivity contribution in [2.45, 2.75) is 26.6 Å². The number of rotatable bonds is 7. The lowest BCUT2D eigenvalue weighted by atomic mass is 10.1. The number of aromatic amines is 1. The average Bonchev–Trinajstić information content (AvgIpc) is 3.33. The molecule has 4 rings (SSSR count). The topological polar surface area (TPSA) is 66.3 Å². The summed E-state index contributed by atoms with van der Waals surface area (Å²) >= 11 is 0. The Kier molecular flexibility index (Phi) is 5.67. The first-order valence-electron chi connectivity index (χ1n) is 9.45. The number of aryl methyl sites for hydroxylation is 1. The Bertz CT molecular complexity index is 847. The smallest absolute Gasteiger partial charge is 0.152 e. The lowest BCUT2D eigenvalue weighted by Gasteiger charge is -2.26. The van der Waals surface area contributed by atoms with Crippen LogP contribution in [0.25, 0.3) is 11.5 Å². The molecule has 3 heterocycles. The number of furan rings is 1. The van der Waals surface area contributed by atoms with E-state index in [0.717, 1.165) is 68.7 Å². The fraction of sp³-hybridized carbons (Fsp3) is 0.381. The molecule has 0 bridgehead atoms. The van der Waals surface area contributed by atoms with Crippen molar-refractivity contribution >= 4 is 0 Å². The van der Waals surface area contributed by atoms with Crippen LogP contribution >= 0.6 is 0 Å². The van der Waals surface area contributed by atoms with Crippen LogP contribution in [-0.2, 0) is 24.4 Å². The third-order valence-electron chi connectivity index (χ3n) is 4.88. The number of aromatic nitrogens is 2. The zero-order valence-electron chi connectivity index (χ0n) is 15.7. The van der Waals surface area contributed by atoms with E-state index in [4.69, 9.17) is 9.15 Å². The Labute approximate surface area is 159 Å². The monoisotopic (exact) mass is 366 g/mol. The van der Waals surface area contributed by atoms with Gasteiger partial charge in [0.1, 0.15) is 11.5 Å². The maximum atomic E-state index is 5.70. The minimum atomic E-state index is 0.737. The molecule has 1 aromatic carbocycles. The Morgan fingerprint density at radius 1 is 1.04 bits per heavy atom. The molecular weight excluding hydrogens is 340 g/mol. The molecule has 0 aliphatic carbocycles. The van der Waals surface area contributed by atoms with E-state index >= 15 is 0 Å². The Hall–Kier alpha value is -2.41. The minimum Gasteiger partial charge on any atom is -0.460 e. The quantitative estimate of drug-likeness (QED) is 0.673. The summed E-state index contributed by atoms with van der Waals surface area (Å²) in [6.07, 6.45) is 1.85. The van der Waals surface area contributed by atoms with Crippen LogP contribution in [0.15, 0.2) is 47.0 Å². The average molecular weight is 366 g/mol. The number of hydrogen-bond acceptors (Lipinski definition) is 5. The number of benzene rings is 1. The van der Waals surface area contributed by atoms with Gasteiger partial charge in [-0.1, -0.05) is 24.3 Å². The minimum absolute atomic E-state index is 0.737. The van der Waals surface area contributed by atoms with Crippen LogP contribution in [0.3, 0.4) is 0 Å². The van der Waals surface area contributed by atoms with Gasteiger partial charge in [0, 0.05) is 38.3 Å². The van der Waals surface area contributed by atoms with Gasteiger partial charge in [-0.15, -0.1) is 0 Å². The second kappa shape index (κ2) is 8.52. The number of nitrogens with one attached hydrogen (secondary N) is 2. The first kappa shape index (κ1) is 18.0. The molecule has 6 heteroatoms. The largest absolute Gasteiger partial charge is 0.460 e. The molecule has 1 aliphatic rings. The van der Waals surface area contributed by atoms with Crippen LogP contribution in [0.1, 0.15) is 22.5 Å². The van der Waals surface area contributed by atoms with Gasteiger partial charge in [-0.2, -0.15) is 5.10 Å². The van der Waals surface area contributed by atoms with Gasteiger partial charge in [0.25, 0.3) is 0 Å². The van der Waals surface area contributed by atoms with E-state index in [-0.39, 0.29) is 0 Å². The third-order valence-corrected chi connectivity index (χ3v) is 4.88. The highest BCUT2D eigenvalue weighted by Crippen LogP contribution is 2.23. The van der Waals surface area contributed by atoms with E-state index in [1.807, 2.05) is 25.3 Å². The van der Waals surface area contributed by atoms with Crippen molar-refractivity contribution in [3.63, 3.8) is 0 Å². The molecule has 1 saturated heterocycles. The van der Waals surface area contributed by atoms with Crippen molar-refractivity contribution < 1.29 is 9.15 Å². The predicted octanol–water partition coefficient (Wildman–Crippen LogP) is 3.10. The maximum Gasteiger partial charge on any atom is 0.152 e. The van der Waals surface area contributed by atoms with E-state index in [1.54, 1.807) is 0 Å². The van der Waals surface area contributed by atoms with Crippen molar-refractivity contribution in [3.05, 3.63) is 65.0 Å². The van der Waals surface area contributed by atoms with Gasteiger partial charge in [0.15, 0.2) is 5.76 Å². The predicted molar refractivity (Wildman–Crippen MR) is 104 cm³/mol. The molecule has 2 aromatic heterocycles. The van der Waals surface area contributed by atoms with Crippen LogP contribution in [0, 0.1) is 6.92 Å². The first-order chi connectivity index (χ1) is 13.3. The number of hydrogen-bond donors (Lipinski definition) is 2. The van der Waals surface area contributed by atoms with Crippen LogP contribution in [0.5, 0.6) is 0 Å². The summed E-state index contributed by atoms with van der Waals surface area (Å²) in [7, 11) is 0. The molecule has 2 N–H and O–H groups in total. The van der Waals surface area contributed by atoms with Crippen molar-refractivity contribution in [3.8, 4) is 11.5 Å². The molecule has 0 spiro atoms. The van der Waals surface area contributed by atoms with Gasteiger partial charge in [-0.3, -0.25) is 10.00 Å². The molecule has 142 valence electrons. The molecule has 27 heavy (non-hydrogen) atoms. The van der Waals surface area contributed by atoms with E-state index in [1.165, 1.54) is 11.1 Å². The van der Waals surface area contributed by atoms with E-state index in [0.29, 0.717) is 0 Å². The molecule has 0 unspecified atom stereocenters. The SMILES string of the molecule is Cc1ccc(-c2[nH]ncc2CNCc2ccc(CN3CCOCC3)cc2)o1. The van der Waals surface area contributed by atoms with E-state index in [2.05, 4.69) is 44.7 Å². The molecular formula is C21H26N4O2. The first-order valence-corrected chi connectivity index (χ1v) is 9.45. The Morgan fingerprint density at radius 2 is 1.81 bits per heavy atom. The summed E-state index contributed by atoms with van der Waals surface area (Å²) in [6, 6.07) is 12.8. The van der Waals surface area contributed by atoms with Crippen LogP contribution < -0.4 is 5.32 Å². The van der Waals surface area contributed by atoms with Gasteiger partial charge in [-0.05, 0) is 30.2 Å². The highest BCUT2D eigenvalue weighted by atomic mass is 16.5. The zero-order valence-corrected chi connectivity index (χ0v) is 15.7. The van der Waals surface area contributed by atoms with Crippen molar-refractivity contribution in [1.29, 1.82) is 0 Å². The van der Waals surface area contributed by atoms with Gasteiger partial charge < -0.3 is 14.5 Å². The van der Waals surface area contributed by atoms with E-state index in [9.17, 15) is 0 Å². The molecule has 0 amide bonds. The van der Waals surface area contributed by atoms with Crippen LogP contribution in [-0.4, -0.2) is 41.4 Å². The number of morpholine rings is 1. The normalized spacial score (nSPS) is 15.3. The Balaban J connectivity index is 1.29. The molecule has 3 aromatic rings. The number of nitrogens with zero attached hydrogens (tertiary/aromatic N) is 2. The van der Waals surface area contributed by atoms with Crippen molar-refractivity contribution in [2.75, 3.05) is 26.3 Å². The summed E-state index contributed by atoms with van der Waals surface area (Å²) < 4.78 is 11.1. The van der Waals surface area contributed by atoms with Gasteiger partial charge in [0.2, 0.25) is 0 Å². The van der Waals surface area contributed by atoms with Gasteiger partial charge >= 0.3 is 0 Å². The standard InChI is InChI=1S/C21H26N4O2/c1-16-2-7-20(27-16)21-19(14-23-24-21)13-22-12-17-3-5-18(6-4-17)15-25-8-10-26-11-9-25/h2-7,14,22H,8-13,15H2,1H3,(H,23,24). The molecule has 0 radical (unpaired) electrons. The molecule has 0 atom stereocenters. The summed E-state index contributed by atoms with van der Waals surface area (Å²) in [5.74, 6) is 1.73. The summed E-state index contributed by atoms with van der Waals surface area (Å²) in [6.45, 7) is 8.22. The number of ether oxygens (including phenoxy) is 1. The second-order valence-corrected chi connectivity index (χ2v) is 6.99. The van der Waals surface area contributed by atoms with Crippen LogP contribution in [0.2, 0.25) is 0 Å². The van der Waals surface area contributed by atoms with Crippen LogP contribution in [0.4, 0.5) is 0 Å². The fourth-order valence-corrected chi connectivity index (χ4v) is 3.35. The summed E-state index contributed by atoms with van der Waals surface area (Å²) in [5.41, 5.74) is 4.68.